The maximum absolute atomic E-state index is 12.7. The highest BCUT2D eigenvalue weighted by molar-refractivity contribution is 6.04. The van der Waals surface area contributed by atoms with Crippen LogP contribution in [0.25, 0.3) is 0 Å². The summed E-state index contributed by atoms with van der Waals surface area (Å²) in [7, 11) is 3.96. The van der Waals surface area contributed by atoms with Gasteiger partial charge in [-0.2, -0.15) is 0 Å². The number of hydrogen-bond donors (Lipinski definition) is 1. The summed E-state index contributed by atoms with van der Waals surface area (Å²) in [5, 5.41) is 2.85. The summed E-state index contributed by atoms with van der Waals surface area (Å²) < 4.78 is 5.85. The molecule has 0 aliphatic rings. The standard InChI is InChI=1S/C22H23N3O2/c1-16-14-18(11-12-19(16)25(2)3)22(26)24-21-20(10-7-13-23-21)27-15-17-8-5-4-6-9-17/h4-14H,15H2,1-3H3,(H,23,24,26). The Balaban J connectivity index is 1.74. The monoisotopic (exact) mass is 361 g/mol. The predicted octanol–water partition coefficient (Wildman–Crippen LogP) is 4.29. The van der Waals surface area contributed by atoms with Gasteiger partial charge in [-0.25, -0.2) is 4.98 Å². The number of ether oxygens (including phenoxy) is 1. The number of benzene rings is 2. The first-order valence-corrected chi connectivity index (χ1v) is 8.75. The Kier molecular flexibility index (Phi) is 5.71. The molecule has 0 bridgehead atoms. The Morgan fingerprint density at radius 3 is 2.56 bits per heavy atom. The molecule has 2 aromatic carbocycles. The quantitative estimate of drug-likeness (QED) is 0.712. The highest BCUT2D eigenvalue weighted by Crippen LogP contribution is 2.24. The van der Waals surface area contributed by atoms with Crippen molar-refractivity contribution in [2.45, 2.75) is 13.5 Å². The number of nitrogens with zero attached hydrogens (tertiary/aromatic N) is 2. The summed E-state index contributed by atoms with van der Waals surface area (Å²) in [6, 6.07) is 19.1. The number of hydrogen-bond acceptors (Lipinski definition) is 4. The first kappa shape index (κ1) is 18.5. The van der Waals surface area contributed by atoms with Gasteiger partial charge < -0.3 is 15.0 Å². The van der Waals surface area contributed by atoms with E-state index in [0.717, 1.165) is 16.8 Å². The molecule has 5 nitrogen and oxygen atoms in total. The van der Waals surface area contributed by atoms with Gasteiger partial charge in [-0.15, -0.1) is 0 Å². The van der Waals surface area contributed by atoms with Gasteiger partial charge in [0.05, 0.1) is 0 Å². The molecule has 27 heavy (non-hydrogen) atoms. The van der Waals surface area contributed by atoms with Crippen molar-refractivity contribution in [3.8, 4) is 5.75 Å². The molecule has 0 unspecified atom stereocenters. The van der Waals surface area contributed by atoms with Crippen molar-refractivity contribution >= 4 is 17.4 Å². The number of nitrogens with one attached hydrogen (secondary N) is 1. The zero-order valence-electron chi connectivity index (χ0n) is 15.8. The van der Waals surface area contributed by atoms with Gasteiger partial charge in [0, 0.05) is 31.5 Å². The van der Waals surface area contributed by atoms with Crippen molar-refractivity contribution in [1.29, 1.82) is 0 Å². The van der Waals surface area contributed by atoms with E-state index in [1.54, 1.807) is 18.3 Å². The lowest BCUT2D eigenvalue weighted by molar-refractivity contribution is 0.102. The van der Waals surface area contributed by atoms with Gasteiger partial charge in [-0.3, -0.25) is 4.79 Å². The lowest BCUT2D eigenvalue weighted by Crippen LogP contribution is -2.15. The van der Waals surface area contributed by atoms with E-state index < -0.39 is 0 Å². The molecular weight excluding hydrogens is 338 g/mol. The molecule has 0 atom stereocenters. The molecular formula is C22H23N3O2. The second-order valence-corrected chi connectivity index (χ2v) is 6.47. The molecule has 1 amide bonds. The minimum atomic E-state index is -0.216. The van der Waals surface area contributed by atoms with Gasteiger partial charge in [0.25, 0.3) is 5.91 Å². The van der Waals surface area contributed by atoms with Gasteiger partial charge in [0.1, 0.15) is 6.61 Å². The van der Waals surface area contributed by atoms with Crippen LogP contribution in [0.15, 0.2) is 66.9 Å². The molecule has 5 heteroatoms. The van der Waals surface area contributed by atoms with Crippen LogP contribution >= 0.6 is 0 Å². The Labute approximate surface area is 159 Å². The maximum atomic E-state index is 12.7. The van der Waals surface area contributed by atoms with Crippen LogP contribution in [-0.4, -0.2) is 25.0 Å². The van der Waals surface area contributed by atoms with Gasteiger partial charge in [0.2, 0.25) is 0 Å². The van der Waals surface area contributed by atoms with Gasteiger partial charge in [-0.1, -0.05) is 30.3 Å². The van der Waals surface area contributed by atoms with E-state index in [2.05, 4.69) is 10.3 Å². The van der Waals surface area contributed by atoms with Crippen molar-refractivity contribution in [3.05, 3.63) is 83.6 Å². The lowest BCUT2D eigenvalue weighted by Gasteiger charge is -2.16. The van der Waals surface area contributed by atoms with Crippen LogP contribution in [0.5, 0.6) is 5.75 Å². The Morgan fingerprint density at radius 2 is 1.85 bits per heavy atom. The second kappa shape index (κ2) is 8.36. The van der Waals surface area contributed by atoms with E-state index in [1.165, 1.54) is 0 Å². The summed E-state index contributed by atoms with van der Waals surface area (Å²) in [5.41, 5.74) is 3.75. The Hall–Kier alpha value is -3.34. The van der Waals surface area contributed by atoms with E-state index in [4.69, 9.17) is 4.74 Å². The van der Waals surface area contributed by atoms with Crippen molar-refractivity contribution in [2.24, 2.45) is 0 Å². The highest BCUT2D eigenvalue weighted by Gasteiger charge is 2.13. The number of carbonyl (C=O) groups is 1. The van der Waals surface area contributed by atoms with Crippen molar-refractivity contribution < 1.29 is 9.53 Å². The second-order valence-electron chi connectivity index (χ2n) is 6.47. The van der Waals surface area contributed by atoms with E-state index in [1.807, 2.05) is 74.4 Å². The lowest BCUT2D eigenvalue weighted by atomic mass is 10.1. The zero-order chi connectivity index (χ0) is 19.2. The van der Waals surface area contributed by atoms with Gasteiger partial charge in [-0.05, 0) is 48.4 Å². The van der Waals surface area contributed by atoms with E-state index in [9.17, 15) is 4.79 Å². The third-order valence-electron chi connectivity index (χ3n) is 4.18. The Morgan fingerprint density at radius 1 is 1.07 bits per heavy atom. The molecule has 1 N–H and O–H groups in total. The van der Waals surface area contributed by atoms with Crippen LogP contribution < -0.4 is 15.0 Å². The summed E-state index contributed by atoms with van der Waals surface area (Å²) in [4.78, 5) is 18.9. The van der Waals surface area contributed by atoms with Gasteiger partial charge in [0.15, 0.2) is 11.6 Å². The van der Waals surface area contributed by atoms with Crippen LogP contribution in [0, 0.1) is 6.92 Å². The number of aromatic nitrogens is 1. The minimum absolute atomic E-state index is 0.216. The maximum Gasteiger partial charge on any atom is 0.256 e. The zero-order valence-corrected chi connectivity index (χ0v) is 15.8. The van der Waals surface area contributed by atoms with Crippen molar-refractivity contribution in [1.82, 2.24) is 4.98 Å². The summed E-state index contributed by atoms with van der Waals surface area (Å²) in [6.07, 6.45) is 1.63. The van der Waals surface area contributed by atoms with E-state index >= 15 is 0 Å². The molecule has 0 aliphatic carbocycles. The predicted molar refractivity (Wildman–Crippen MR) is 108 cm³/mol. The molecule has 1 heterocycles. The first-order valence-electron chi connectivity index (χ1n) is 8.75. The Bertz CT molecular complexity index is 924. The van der Waals surface area contributed by atoms with E-state index in [-0.39, 0.29) is 5.91 Å². The van der Waals surface area contributed by atoms with Crippen molar-refractivity contribution in [3.63, 3.8) is 0 Å². The number of anilines is 2. The number of pyridine rings is 1. The molecule has 0 radical (unpaired) electrons. The molecule has 0 saturated carbocycles. The summed E-state index contributed by atoms with van der Waals surface area (Å²) in [5.74, 6) is 0.732. The highest BCUT2D eigenvalue weighted by atomic mass is 16.5. The van der Waals surface area contributed by atoms with Crippen LogP contribution in [-0.2, 0) is 6.61 Å². The SMILES string of the molecule is Cc1cc(C(=O)Nc2ncccc2OCc2ccccc2)ccc1N(C)C. The smallest absolute Gasteiger partial charge is 0.256 e. The molecule has 0 aliphatic heterocycles. The topological polar surface area (TPSA) is 54.5 Å². The van der Waals surface area contributed by atoms with Crippen LogP contribution in [0.4, 0.5) is 11.5 Å². The van der Waals surface area contributed by atoms with Crippen LogP contribution in [0.3, 0.4) is 0 Å². The average Bonchev–Trinajstić information content (AvgIpc) is 2.67. The molecule has 138 valence electrons. The molecule has 0 fully saturated rings. The molecule has 3 rings (SSSR count). The number of rotatable bonds is 6. The number of carbonyl (C=O) groups excluding carboxylic acids is 1. The fourth-order valence-electron chi connectivity index (χ4n) is 2.81. The fraction of sp³-hybridized carbons (Fsp3) is 0.182. The number of aryl methyl sites for hydroxylation is 1. The third kappa shape index (κ3) is 4.64. The third-order valence-corrected chi connectivity index (χ3v) is 4.18. The fourth-order valence-corrected chi connectivity index (χ4v) is 2.81. The normalized spacial score (nSPS) is 10.3. The largest absolute Gasteiger partial charge is 0.485 e. The average molecular weight is 361 g/mol. The molecule has 0 saturated heterocycles. The molecule has 1 aromatic heterocycles. The molecule has 3 aromatic rings. The van der Waals surface area contributed by atoms with Gasteiger partial charge >= 0.3 is 0 Å². The van der Waals surface area contributed by atoms with Crippen molar-refractivity contribution in [2.75, 3.05) is 24.3 Å². The van der Waals surface area contributed by atoms with Crippen LogP contribution in [0.2, 0.25) is 0 Å². The summed E-state index contributed by atoms with van der Waals surface area (Å²) in [6.45, 7) is 2.40. The minimum Gasteiger partial charge on any atom is -0.485 e. The van der Waals surface area contributed by atoms with Crippen LogP contribution in [0.1, 0.15) is 21.5 Å². The number of amides is 1. The summed E-state index contributed by atoms with van der Waals surface area (Å²) >= 11 is 0. The molecule has 0 spiro atoms. The van der Waals surface area contributed by atoms with E-state index in [0.29, 0.717) is 23.7 Å². The first-order chi connectivity index (χ1) is 13.0.